The van der Waals surface area contributed by atoms with Gasteiger partial charge in [0, 0.05) is 1.37 Å². The topological polar surface area (TPSA) is 43.7 Å². The lowest BCUT2D eigenvalue weighted by atomic mass is 9.41. The summed E-state index contributed by atoms with van der Waals surface area (Å²) < 4.78 is 18.1. The molecular formula is C27H49NO2. The van der Waals surface area contributed by atoms with E-state index in [1.165, 1.54) is 19.3 Å². The van der Waals surface area contributed by atoms with Gasteiger partial charge in [0.1, 0.15) is 0 Å². The van der Waals surface area contributed by atoms with Crippen molar-refractivity contribution in [3.63, 3.8) is 0 Å². The molecule has 4 aliphatic carbocycles. The second-order valence-corrected chi connectivity index (χ2v) is 12.4. The lowest BCUT2D eigenvalue weighted by Gasteiger charge is -2.64. The van der Waals surface area contributed by atoms with Gasteiger partial charge in [-0.1, -0.05) is 34.1 Å². The maximum Gasteiger partial charge on any atom is 0.0607 e. The Balaban J connectivity index is 1.69. The molecule has 12 atom stereocenters. The molecule has 0 radical (unpaired) electrons. The van der Waals surface area contributed by atoms with Crippen molar-refractivity contribution in [3.8, 4) is 0 Å². The fraction of sp³-hybridized carbons (Fsp3) is 1.00. The Hall–Kier alpha value is -0.120. The number of hydrogen-bond acceptors (Lipinski definition) is 3. The Morgan fingerprint density at radius 2 is 1.70 bits per heavy atom. The first-order chi connectivity index (χ1) is 14.8. The van der Waals surface area contributed by atoms with E-state index in [2.05, 4.69) is 39.8 Å². The Morgan fingerprint density at radius 1 is 1.03 bits per heavy atom. The van der Waals surface area contributed by atoms with Crippen molar-refractivity contribution >= 4 is 0 Å². The molecule has 0 aliphatic heterocycles. The third kappa shape index (κ3) is 3.50. The minimum absolute atomic E-state index is 0.0348. The first-order valence-corrected chi connectivity index (χ1v) is 12.8. The van der Waals surface area contributed by atoms with Gasteiger partial charge < -0.3 is 15.1 Å². The van der Waals surface area contributed by atoms with Crippen LogP contribution >= 0.6 is 0 Å². The fourth-order valence-electron chi connectivity index (χ4n) is 9.12. The van der Waals surface area contributed by atoms with E-state index in [-0.39, 0.29) is 34.7 Å². The van der Waals surface area contributed by atoms with Crippen molar-refractivity contribution in [1.29, 1.82) is 0 Å². The van der Waals surface area contributed by atoms with Crippen LogP contribution in [0.15, 0.2) is 0 Å². The van der Waals surface area contributed by atoms with Crippen LogP contribution in [0.4, 0.5) is 0 Å². The van der Waals surface area contributed by atoms with Gasteiger partial charge in [0.25, 0.3) is 0 Å². The summed E-state index contributed by atoms with van der Waals surface area (Å²) >= 11 is 0. The maximum atomic E-state index is 12.0. The Bertz CT molecular complexity index is 685. The highest BCUT2D eigenvalue weighted by molar-refractivity contribution is 5.13. The zero-order valence-corrected chi connectivity index (χ0v) is 20.4. The summed E-state index contributed by atoms with van der Waals surface area (Å²) in [5.41, 5.74) is 0.224. The molecule has 0 aromatic heterocycles. The number of aliphatic hydroxyl groups is 2. The summed E-state index contributed by atoms with van der Waals surface area (Å²) in [6.07, 6.45) is 5.92. The van der Waals surface area contributed by atoms with Gasteiger partial charge in [-0.3, -0.25) is 0 Å². The Morgan fingerprint density at radius 3 is 2.37 bits per heavy atom. The molecule has 174 valence electrons. The van der Waals surface area contributed by atoms with Crippen molar-refractivity contribution in [2.24, 2.45) is 52.3 Å². The number of hydrogen-bond donors (Lipinski definition) is 2. The van der Waals surface area contributed by atoms with E-state index >= 15 is 0 Å². The molecule has 0 amide bonds. The molecule has 0 heterocycles. The monoisotopic (exact) mass is 421 g/mol. The average Bonchev–Trinajstić information content (AvgIpc) is 3.04. The van der Waals surface area contributed by atoms with Gasteiger partial charge in [0.15, 0.2) is 0 Å². The van der Waals surface area contributed by atoms with Crippen LogP contribution in [0.3, 0.4) is 0 Å². The highest BCUT2D eigenvalue weighted by Gasteiger charge is 2.64. The van der Waals surface area contributed by atoms with Crippen molar-refractivity contribution in [3.05, 3.63) is 0 Å². The highest BCUT2D eigenvalue weighted by Crippen LogP contribution is 2.69. The molecule has 3 nitrogen and oxygen atoms in total. The molecule has 0 bridgehead atoms. The molecule has 2 N–H and O–H groups in total. The number of rotatable bonds is 5. The Labute approximate surface area is 188 Å². The molecule has 4 fully saturated rings. The summed E-state index contributed by atoms with van der Waals surface area (Å²) in [6.45, 7) is 10.3. The van der Waals surface area contributed by atoms with Crippen LogP contribution in [0.1, 0.15) is 88.2 Å². The van der Waals surface area contributed by atoms with Crippen molar-refractivity contribution in [1.82, 2.24) is 4.90 Å². The molecular weight excluding hydrogens is 370 g/mol. The minimum Gasteiger partial charge on any atom is -0.393 e. The van der Waals surface area contributed by atoms with E-state index < -0.39 is 12.5 Å². The zero-order chi connectivity index (χ0) is 23.6. The SMILES string of the molecule is [2H]C(C)[C@@H]1[C@@H]2C[C@H](O)CC[C@]2(C)C2CC[C@@]3(C)C(CC[C@@H]3[C@H](C)CCN(C)C)C2C1([2H])O. The summed E-state index contributed by atoms with van der Waals surface area (Å²) in [5.74, 6) is 1.69. The standard InChI is InChI=1S/C27H49NO2/c1-7-19-23-16-18(29)10-13-27(23,4)22-11-14-26(3)20(17(2)12-15-28(5)6)8-9-21(26)24(22)25(19)30/h17-25,29-30H,7-16H2,1-6H3/t17-,18-,19-,20-,21?,22?,23+,24?,25?,26-,27-/m1/s1/i7D,25D/t7?,17-,18-,19-,20-,21?,22?,23+,24?,25?,26-,27-. The van der Waals surface area contributed by atoms with Crippen LogP contribution in [0.5, 0.6) is 0 Å². The van der Waals surface area contributed by atoms with Gasteiger partial charge in [0.05, 0.1) is 13.6 Å². The van der Waals surface area contributed by atoms with Gasteiger partial charge >= 0.3 is 0 Å². The van der Waals surface area contributed by atoms with Crippen LogP contribution in [0, 0.1) is 52.3 Å². The molecule has 30 heavy (non-hydrogen) atoms. The lowest BCUT2D eigenvalue weighted by molar-refractivity contribution is -0.203. The minimum atomic E-state index is -1.57. The first-order valence-electron chi connectivity index (χ1n) is 13.9. The van der Waals surface area contributed by atoms with Crippen LogP contribution in [-0.4, -0.2) is 47.9 Å². The highest BCUT2D eigenvalue weighted by atomic mass is 16.3. The number of aliphatic hydroxyl groups excluding tert-OH is 1. The number of nitrogens with zero attached hydrogens (tertiary/aromatic N) is 1. The third-order valence-electron chi connectivity index (χ3n) is 10.8. The van der Waals surface area contributed by atoms with Gasteiger partial charge in [-0.25, -0.2) is 0 Å². The molecule has 4 saturated carbocycles. The van der Waals surface area contributed by atoms with E-state index in [4.69, 9.17) is 1.37 Å². The van der Waals surface area contributed by atoms with E-state index in [1.54, 1.807) is 0 Å². The molecule has 0 aromatic rings. The molecule has 0 spiro atoms. The fourth-order valence-corrected chi connectivity index (χ4v) is 9.12. The quantitative estimate of drug-likeness (QED) is 0.641. The molecule has 4 aliphatic rings. The summed E-state index contributed by atoms with van der Waals surface area (Å²) in [5, 5.41) is 22.5. The van der Waals surface area contributed by atoms with Gasteiger partial charge in [-0.05, 0) is 124 Å². The van der Waals surface area contributed by atoms with Gasteiger partial charge in [0.2, 0.25) is 0 Å². The average molecular weight is 422 g/mol. The second kappa shape index (κ2) is 8.34. The smallest absolute Gasteiger partial charge is 0.0607 e. The largest absolute Gasteiger partial charge is 0.393 e. The predicted octanol–water partition coefficient (Wildman–Crippen LogP) is 5.20. The second-order valence-electron chi connectivity index (χ2n) is 12.4. The van der Waals surface area contributed by atoms with Crippen molar-refractivity contribution in [2.75, 3.05) is 20.6 Å². The summed E-state index contributed by atoms with van der Waals surface area (Å²) in [7, 11) is 4.30. The van der Waals surface area contributed by atoms with Crippen molar-refractivity contribution < 1.29 is 13.0 Å². The molecule has 3 heteroatoms. The van der Waals surface area contributed by atoms with E-state index in [1.807, 2.05) is 6.92 Å². The Kier molecular flexibility index (Phi) is 5.69. The van der Waals surface area contributed by atoms with E-state index in [9.17, 15) is 11.6 Å². The van der Waals surface area contributed by atoms with E-state index in [0.717, 1.165) is 32.2 Å². The third-order valence-corrected chi connectivity index (χ3v) is 10.8. The lowest BCUT2D eigenvalue weighted by Crippen LogP contribution is -2.62. The van der Waals surface area contributed by atoms with Crippen LogP contribution in [-0.2, 0) is 0 Å². The van der Waals surface area contributed by atoms with Crippen LogP contribution in [0.25, 0.3) is 0 Å². The maximum absolute atomic E-state index is 12.0. The summed E-state index contributed by atoms with van der Waals surface area (Å²) in [6, 6.07) is 0. The predicted molar refractivity (Wildman–Crippen MR) is 124 cm³/mol. The van der Waals surface area contributed by atoms with Crippen LogP contribution in [0.2, 0.25) is 0 Å². The molecule has 0 saturated heterocycles. The van der Waals surface area contributed by atoms with Gasteiger partial charge in [-0.15, -0.1) is 0 Å². The molecule has 4 rings (SSSR count). The number of fused-ring (bicyclic) bond motifs is 5. The summed E-state index contributed by atoms with van der Waals surface area (Å²) in [4.78, 5) is 2.28. The first kappa shape index (κ1) is 20.5. The van der Waals surface area contributed by atoms with Crippen LogP contribution < -0.4 is 0 Å². The van der Waals surface area contributed by atoms with E-state index in [0.29, 0.717) is 30.1 Å². The zero-order valence-electron chi connectivity index (χ0n) is 22.4. The van der Waals surface area contributed by atoms with Gasteiger partial charge in [-0.2, -0.15) is 0 Å². The normalized spacial score (nSPS) is 56.4. The molecule has 0 aromatic carbocycles. The van der Waals surface area contributed by atoms with Crippen molar-refractivity contribution in [2.45, 2.75) is 97.6 Å². The molecule has 5 unspecified atom stereocenters.